The lowest BCUT2D eigenvalue weighted by molar-refractivity contribution is -0.243. The lowest BCUT2D eigenvalue weighted by Gasteiger charge is -2.40. The first-order valence-corrected chi connectivity index (χ1v) is 8.80. The van der Waals surface area contributed by atoms with E-state index in [0.29, 0.717) is 6.04 Å². The van der Waals surface area contributed by atoms with Gasteiger partial charge in [0.25, 0.3) is 0 Å². The van der Waals surface area contributed by atoms with E-state index in [2.05, 4.69) is 31.1 Å². The molecular weight excluding hydrogens is 298 g/mol. The summed E-state index contributed by atoms with van der Waals surface area (Å²) in [4.78, 5) is 2.30. The monoisotopic (exact) mass is 323 g/mol. The van der Waals surface area contributed by atoms with Crippen molar-refractivity contribution in [1.29, 1.82) is 0 Å². The van der Waals surface area contributed by atoms with E-state index >= 15 is 0 Å². The molecule has 1 saturated carbocycles. The predicted octanol–water partition coefficient (Wildman–Crippen LogP) is 3.61. The molecule has 0 aromatic heterocycles. The first kappa shape index (κ1) is 15.8. The van der Waals surface area contributed by atoms with Crippen LogP contribution in [0.1, 0.15) is 42.4 Å². The maximum Gasteiger partial charge on any atom is 0.221 e. The van der Waals surface area contributed by atoms with Crippen molar-refractivity contribution in [3.05, 3.63) is 71.3 Å². The van der Waals surface area contributed by atoms with Crippen LogP contribution in [0, 0.1) is 0 Å². The minimum Gasteiger partial charge on any atom is -0.358 e. The molecular formula is C21H25NO2. The van der Waals surface area contributed by atoms with Crippen LogP contribution in [0.15, 0.2) is 54.6 Å². The molecule has 1 N–H and O–H groups in total. The maximum absolute atomic E-state index is 11.5. The smallest absolute Gasteiger partial charge is 0.221 e. The standard InChI is InChI=1S/C21H25NO2/c1-22(2)17-12-14-20(15-13-17)18-10-6-7-11-19(18)21(23,24-20)16-8-4-3-5-9-16/h3-11,17,23H,12-15H2,1-2H3/t17?,20?,21-/m1/s1. The Labute approximate surface area is 143 Å². The number of rotatable bonds is 2. The van der Waals surface area contributed by atoms with E-state index in [1.165, 1.54) is 0 Å². The molecule has 0 saturated heterocycles. The molecule has 0 radical (unpaired) electrons. The van der Waals surface area contributed by atoms with Crippen LogP contribution in [0.4, 0.5) is 0 Å². The summed E-state index contributed by atoms with van der Waals surface area (Å²) in [6.45, 7) is 0. The summed E-state index contributed by atoms with van der Waals surface area (Å²) in [6, 6.07) is 18.5. The number of benzene rings is 2. The Bertz CT molecular complexity index is 720. The molecule has 24 heavy (non-hydrogen) atoms. The molecule has 2 aromatic carbocycles. The fourth-order valence-electron chi connectivity index (χ4n) is 4.40. The lowest BCUT2D eigenvalue weighted by Crippen LogP contribution is -2.41. The van der Waals surface area contributed by atoms with Crippen molar-refractivity contribution in [2.45, 2.75) is 43.1 Å². The molecule has 3 heteroatoms. The summed E-state index contributed by atoms with van der Waals surface area (Å²) in [5.74, 6) is -1.34. The van der Waals surface area contributed by atoms with Crippen molar-refractivity contribution in [3.63, 3.8) is 0 Å². The minimum absolute atomic E-state index is 0.367. The normalized spacial score (nSPS) is 32.2. The molecule has 3 nitrogen and oxygen atoms in total. The van der Waals surface area contributed by atoms with Gasteiger partial charge in [0.05, 0.1) is 5.60 Å². The largest absolute Gasteiger partial charge is 0.358 e. The first-order chi connectivity index (χ1) is 11.6. The number of hydrogen-bond donors (Lipinski definition) is 1. The van der Waals surface area contributed by atoms with Gasteiger partial charge in [0.2, 0.25) is 5.79 Å². The van der Waals surface area contributed by atoms with E-state index in [-0.39, 0.29) is 5.60 Å². The van der Waals surface area contributed by atoms with Gasteiger partial charge in [0.15, 0.2) is 0 Å². The molecule has 1 heterocycles. The topological polar surface area (TPSA) is 32.7 Å². The van der Waals surface area contributed by atoms with Crippen molar-refractivity contribution in [3.8, 4) is 0 Å². The number of hydrogen-bond acceptors (Lipinski definition) is 3. The van der Waals surface area contributed by atoms with E-state index in [9.17, 15) is 5.11 Å². The SMILES string of the molecule is CN(C)C1CCC2(CC1)O[C@](O)(c1ccccc1)c1ccccc12. The van der Waals surface area contributed by atoms with E-state index in [4.69, 9.17) is 4.74 Å². The Morgan fingerprint density at radius 1 is 0.917 bits per heavy atom. The van der Waals surface area contributed by atoms with Gasteiger partial charge in [-0.25, -0.2) is 0 Å². The van der Waals surface area contributed by atoms with Crippen molar-refractivity contribution in [1.82, 2.24) is 4.90 Å². The summed E-state index contributed by atoms with van der Waals surface area (Å²) >= 11 is 0. The Kier molecular flexibility index (Phi) is 3.75. The van der Waals surface area contributed by atoms with Gasteiger partial charge in [-0.2, -0.15) is 0 Å². The molecule has 2 aromatic rings. The quantitative estimate of drug-likeness (QED) is 0.916. The Hall–Kier alpha value is -1.68. The average molecular weight is 323 g/mol. The van der Waals surface area contributed by atoms with E-state index in [0.717, 1.165) is 42.4 Å². The first-order valence-electron chi connectivity index (χ1n) is 8.80. The minimum atomic E-state index is -1.34. The van der Waals surface area contributed by atoms with Crippen LogP contribution in [0.3, 0.4) is 0 Å². The molecule has 0 amide bonds. The van der Waals surface area contributed by atoms with Crippen LogP contribution < -0.4 is 0 Å². The number of nitrogens with zero attached hydrogens (tertiary/aromatic N) is 1. The highest BCUT2D eigenvalue weighted by atomic mass is 16.6. The second-order valence-corrected chi connectivity index (χ2v) is 7.35. The maximum atomic E-state index is 11.5. The second kappa shape index (κ2) is 5.69. The van der Waals surface area contributed by atoms with Crippen LogP contribution in [-0.2, 0) is 16.1 Å². The molecule has 1 aliphatic carbocycles. The summed E-state index contributed by atoms with van der Waals surface area (Å²) < 4.78 is 6.50. The third-order valence-electron chi connectivity index (χ3n) is 5.78. The summed E-state index contributed by atoms with van der Waals surface area (Å²) in [5.41, 5.74) is 2.50. The molecule has 126 valence electrons. The van der Waals surface area contributed by atoms with Crippen LogP contribution in [-0.4, -0.2) is 30.1 Å². The van der Waals surface area contributed by atoms with E-state index in [1.807, 2.05) is 42.5 Å². The summed E-state index contributed by atoms with van der Waals surface area (Å²) in [5, 5.41) is 11.5. The zero-order valence-electron chi connectivity index (χ0n) is 14.4. The Balaban J connectivity index is 1.75. The lowest BCUT2D eigenvalue weighted by atomic mass is 9.77. The van der Waals surface area contributed by atoms with Crippen LogP contribution in [0.5, 0.6) is 0 Å². The molecule has 0 unspecified atom stereocenters. The highest BCUT2D eigenvalue weighted by Crippen LogP contribution is 2.55. The van der Waals surface area contributed by atoms with Gasteiger partial charge >= 0.3 is 0 Å². The number of fused-ring (bicyclic) bond motifs is 2. The van der Waals surface area contributed by atoms with E-state index < -0.39 is 5.79 Å². The van der Waals surface area contributed by atoms with E-state index in [1.54, 1.807) is 0 Å². The fourth-order valence-corrected chi connectivity index (χ4v) is 4.40. The molecule has 1 fully saturated rings. The predicted molar refractivity (Wildman–Crippen MR) is 94.6 cm³/mol. The Morgan fingerprint density at radius 2 is 1.50 bits per heavy atom. The summed E-state index contributed by atoms with van der Waals surface area (Å²) in [7, 11) is 4.29. The highest BCUT2D eigenvalue weighted by Gasteiger charge is 2.54. The van der Waals surface area contributed by atoms with Gasteiger partial charge in [-0.15, -0.1) is 0 Å². The van der Waals surface area contributed by atoms with Crippen molar-refractivity contribution in [2.75, 3.05) is 14.1 Å². The van der Waals surface area contributed by atoms with Gasteiger partial charge in [-0.05, 0) is 45.3 Å². The third-order valence-corrected chi connectivity index (χ3v) is 5.78. The third kappa shape index (κ3) is 2.31. The number of ether oxygens (including phenoxy) is 1. The van der Waals surface area contributed by atoms with Crippen molar-refractivity contribution >= 4 is 0 Å². The Morgan fingerprint density at radius 3 is 2.12 bits per heavy atom. The molecule has 1 aliphatic heterocycles. The number of aliphatic hydroxyl groups is 1. The molecule has 1 spiro atoms. The van der Waals surface area contributed by atoms with Crippen LogP contribution in [0.2, 0.25) is 0 Å². The zero-order valence-corrected chi connectivity index (χ0v) is 14.4. The van der Waals surface area contributed by atoms with Crippen LogP contribution >= 0.6 is 0 Å². The van der Waals surface area contributed by atoms with Gasteiger partial charge in [0.1, 0.15) is 0 Å². The van der Waals surface area contributed by atoms with Crippen molar-refractivity contribution in [2.24, 2.45) is 0 Å². The molecule has 0 bridgehead atoms. The van der Waals surface area contributed by atoms with Gasteiger partial charge in [-0.1, -0.05) is 54.6 Å². The van der Waals surface area contributed by atoms with Gasteiger partial charge in [-0.3, -0.25) is 0 Å². The second-order valence-electron chi connectivity index (χ2n) is 7.35. The zero-order chi connectivity index (χ0) is 16.8. The fraction of sp³-hybridized carbons (Fsp3) is 0.429. The highest BCUT2D eigenvalue weighted by molar-refractivity contribution is 5.46. The molecule has 2 aliphatic rings. The van der Waals surface area contributed by atoms with Crippen molar-refractivity contribution < 1.29 is 9.84 Å². The van der Waals surface area contributed by atoms with Gasteiger partial charge in [0, 0.05) is 17.2 Å². The molecule has 1 atom stereocenters. The summed E-state index contributed by atoms with van der Waals surface area (Å²) in [6.07, 6.45) is 4.07. The van der Waals surface area contributed by atoms with Crippen LogP contribution in [0.25, 0.3) is 0 Å². The molecule has 4 rings (SSSR count). The average Bonchev–Trinajstić information content (AvgIpc) is 2.86. The van der Waals surface area contributed by atoms with Gasteiger partial charge < -0.3 is 14.7 Å².